The van der Waals surface area contributed by atoms with Crippen LogP contribution in [0.4, 0.5) is 29.2 Å². The summed E-state index contributed by atoms with van der Waals surface area (Å²) in [6.07, 6.45) is -1.70. The Morgan fingerprint density at radius 2 is 1.31 bits per heavy atom. The summed E-state index contributed by atoms with van der Waals surface area (Å²) in [6.45, 7) is 5.89. The molecule has 14 heteroatoms. The molecular formula is C38H40N8O6. The molecule has 268 valence electrons. The highest BCUT2D eigenvalue weighted by Gasteiger charge is 2.28. The van der Waals surface area contributed by atoms with Crippen LogP contribution >= 0.6 is 0 Å². The Morgan fingerprint density at radius 3 is 1.94 bits per heavy atom. The highest BCUT2D eigenvalue weighted by Crippen LogP contribution is 2.32. The minimum atomic E-state index is -0.898. The largest absolute Gasteiger partial charge is 0.497 e. The number of nitrogens with zero attached hydrogens (tertiary/aromatic N) is 5. The van der Waals surface area contributed by atoms with Crippen LogP contribution in [0.15, 0.2) is 103 Å². The van der Waals surface area contributed by atoms with Gasteiger partial charge in [-0.2, -0.15) is 34.5 Å². The Labute approximate surface area is 301 Å². The molecule has 2 aliphatic heterocycles. The molecule has 2 saturated heterocycles. The summed E-state index contributed by atoms with van der Waals surface area (Å²) >= 11 is 0. The lowest BCUT2D eigenvalue weighted by Gasteiger charge is -2.36. The van der Waals surface area contributed by atoms with Gasteiger partial charge in [0.15, 0.2) is 0 Å². The molecule has 52 heavy (non-hydrogen) atoms. The van der Waals surface area contributed by atoms with Gasteiger partial charge in [-0.05, 0) is 55.5 Å². The highest BCUT2D eigenvalue weighted by molar-refractivity contribution is 5.94. The number of nitrogens with one attached hydrogen (secondary N) is 3. The minimum absolute atomic E-state index is 0.236. The number of anilines is 5. The number of hydrogen-bond donors (Lipinski definition) is 3. The Morgan fingerprint density at radius 1 is 0.712 bits per heavy atom. The number of aromatic nitrogens is 3. The molecule has 0 bridgehead atoms. The molecule has 3 heterocycles. The summed E-state index contributed by atoms with van der Waals surface area (Å²) in [5, 5.41) is 9.46. The van der Waals surface area contributed by atoms with Gasteiger partial charge in [0.2, 0.25) is 30.4 Å². The summed E-state index contributed by atoms with van der Waals surface area (Å²) in [4.78, 5) is 53.2. The molecular weight excluding hydrogens is 664 g/mol. The van der Waals surface area contributed by atoms with Crippen LogP contribution in [0.5, 0.6) is 5.75 Å². The Kier molecular flexibility index (Phi) is 11.0. The predicted octanol–water partition coefficient (Wildman–Crippen LogP) is 5.71. The zero-order valence-corrected chi connectivity index (χ0v) is 28.9. The molecule has 14 nitrogen and oxygen atoms in total. The number of para-hydroxylation sites is 1. The number of benzene rings is 4. The van der Waals surface area contributed by atoms with Gasteiger partial charge in [-0.15, -0.1) is 0 Å². The normalized spacial score (nSPS) is 17.3. The summed E-state index contributed by atoms with van der Waals surface area (Å²) in [6, 6.07) is 32.4. The zero-order valence-electron chi connectivity index (χ0n) is 28.9. The molecule has 0 aliphatic carbocycles. The van der Waals surface area contributed by atoms with E-state index in [1.807, 2.05) is 61.5 Å². The van der Waals surface area contributed by atoms with Crippen molar-refractivity contribution in [1.29, 1.82) is 0 Å². The molecule has 0 radical (unpaired) electrons. The number of aryl methyl sites for hydroxylation is 1. The fraction of sp³-hybridized carbons (Fsp3) is 0.263. The molecule has 0 spiro atoms. The summed E-state index contributed by atoms with van der Waals surface area (Å²) in [5.74, 6) is 1.88. The fourth-order valence-corrected chi connectivity index (χ4v) is 5.67. The summed E-state index contributed by atoms with van der Waals surface area (Å²) < 4.78 is 5.29. The van der Waals surface area contributed by atoms with Crippen molar-refractivity contribution in [3.05, 3.63) is 125 Å². The van der Waals surface area contributed by atoms with E-state index >= 15 is 0 Å². The van der Waals surface area contributed by atoms with Gasteiger partial charge in [-0.1, -0.05) is 60.2 Å². The second kappa shape index (κ2) is 16.5. The van der Waals surface area contributed by atoms with Gasteiger partial charge >= 0.3 is 0 Å². The van der Waals surface area contributed by atoms with Gasteiger partial charge in [0.05, 0.1) is 7.11 Å². The molecule has 1 amide bonds. The predicted molar refractivity (Wildman–Crippen MR) is 195 cm³/mol. The highest BCUT2D eigenvalue weighted by atomic mass is 17.4. The third-order valence-corrected chi connectivity index (χ3v) is 8.60. The zero-order chi connectivity index (χ0) is 35.7. The van der Waals surface area contributed by atoms with Crippen LogP contribution in [-0.2, 0) is 19.6 Å². The first kappa shape index (κ1) is 34.6. The third kappa shape index (κ3) is 8.73. The molecule has 2 fully saturated rings. The van der Waals surface area contributed by atoms with Crippen LogP contribution in [0.3, 0.4) is 0 Å². The third-order valence-electron chi connectivity index (χ3n) is 8.60. The first-order chi connectivity index (χ1) is 25.5. The average Bonchev–Trinajstić information content (AvgIpc) is 3.20. The maximum Gasteiger partial charge on any atom is 0.251 e. The molecule has 0 atom stereocenters. The van der Waals surface area contributed by atoms with Crippen LogP contribution in [0, 0.1) is 6.92 Å². The van der Waals surface area contributed by atoms with E-state index in [0.29, 0.717) is 42.1 Å². The van der Waals surface area contributed by atoms with Crippen molar-refractivity contribution < 1.29 is 29.1 Å². The first-order valence-electron chi connectivity index (χ1n) is 17.1. The van der Waals surface area contributed by atoms with Crippen molar-refractivity contribution in [1.82, 2.24) is 20.3 Å². The maximum atomic E-state index is 12.9. The van der Waals surface area contributed by atoms with Crippen molar-refractivity contribution in [3.63, 3.8) is 0 Å². The van der Waals surface area contributed by atoms with Gasteiger partial charge in [0.25, 0.3) is 5.91 Å². The number of methoxy groups -OCH3 is 1. The van der Waals surface area contributed by atoms with E-state index in [9.17, 15) is 4.79 Å². The van der Waals surface area contributed by atoms with Crippen LogP contribution in [-0.4, -0.2) is 67.2 Å². The smallest absolute Gasteiger partial charge is 0.251 e. The number of hydrogen-bond acceptors (Lipinski definition) is 13. The van der Waals surface area contributed by atoms with Crippen LogP contribution in [0.25, 0.3) is 0 Å². The Bertz CT molecular complexity index is 1900. The van der Waals surface area contributed by atoms with Crippen molar-refractivity contribution in [3.8, 4) is 5.75 Å². The van der Waals surface area contributed by atoms with E-state index in [1.165, 1.54) is 5.69 Å². The van der Waals surface area contributed by atoms with E-state index < -0.39 is 12.6 Å². The molecule has 4 aromatic carbocycles. The topological polar surface area (TPSA) is 144 Å². The van der Waals surface area contributed by atoms with Crippen molar-refractivity contribution in [2.24, 2.45) is 0 Å². The first-order valence-corrected chi connectivity index (χ1v) is 17.1. The van der Waals surface area contributed by atoms with Gasteiger partial charge < -0.3 is 30.5 Å². The minimum Gasteiger partial charge on any atom is -0.497 e. The van der Waals surface area contributed by atoms with Crippen molar-refractivity contribution in [2.75, 3.05) is 66.8 Å². The molecule has 1 aromatic heterocycles. The lowest BCUT2D eigenvalue weighted by Crippen LogP contribution is -2.47. The molecule has 2 aliphatic rings. The molecule has 3 N–H and O–H groups in total. The van der Waals surface area contributed by atoms with E-state index in [4.69, 9.17) is 34.3 Å². The van der Waals surface area contributed by atoms with Crippen molar-refractivity contribution >= 4 is 35.1 Å². The van der Waals surface area contributed by atoms with Gasteiger partial charge in [-0.3, -0.25) is 4.79 Å². The lowest BCUT2D eigenvalue weighted by molar-refractivity contribution is -0.600. The Balaban J connectivity index is 0.931. The van der Waals surface area contributed by atoms with E-state index in [2.05, 4.69) is 55.0 Å². The van der Waals surface area contributed by atoms with E-state index in [1.54, 1.807) is 31.4 Å². The van der Waals surface area contributed by atoms with Gasteiger partial charge in [0, 0.05) is 67.3 Å². The summed E-state index contributed by atoms with van der Waals surface area (Å²) in [7, 11) is 1.63. The maximum absolute atomic E-state index is 12.9. The number of rotatable bonds is 12. The SMILES string of the molecule is COc1ccc(Nc2nc(NCCNC(=O)c3ccc(C4OOC(c5ccc(C)cc5)OO4)cc3)nc(N3CCN(c4ccccc4)CC3)n2)cc1. The molecule has 5 aromatic rings. The summed E-state index contributed by atoms with van der Waals surface area (Å²) in [5.41, 5.74) is 5.00. The second-order valence-corrected chi connectivity index (χ2v) is 12.2. The quantitative estimate of drug-likeness (QED) is 0.108. The number of ether oxygens (including phenoxy) is 1. The Hall–Kier alpha value is -5.80. The van der Waals surface area contributed by atoms with Gasteiger partial charge in [-0.25, -0.2) is 0 Å². The molecule has 0 saturated carbocycles. The fourth-order valence-electron chi connectivity index (χ4n) is 5.67. The van der Waals surface area contributed by atoms with E-state index in [-0.39, 0.29) is 5.91 Å². The second-order valence-electron chi connectivity index (χ2n) is 12.2. The van der Waals surface area contributed by atoms with Crippen LogP contribution < -0.4 is 30.5 Å². The van der Waals surface area contributed by atoms with E-state index in [0.717, 1.165) is 48.7 Å². The number of carbonyl (C=O) groups is 1. The molecule has 7 rings (SSSR count). The van der Waals surface area contributed by atoms with Crippen LogP contribution in [0.1, 0.15) is 39.6 Å². The van der Waals surface area contributed by atoms with Crippen molar-refractivity contribution in [2.45, 2.75) is 19.5 Å². The van der Waals surface area contributed by atoms with Gasteiger partial charge in [0.1, 0.15) is 5.75 Å². The number of amides is 1. The standard InChI is InChI=1S/C38H40N8O6/c1-26-8-10-28(11-9-26)34-49-51-35(52-50-34)29-14-12-27(13-15-29)33(47)39-20-21-40-36-42-37(41-30-16-18-32(48-2)19-17-30)44-38(43-36)46-24-22-45(23-25-46)31-6-4-3-5-7-31/h3-19,34-35H,20-25H2,1-2H3,(H,39,47)(H2,40,41,42,43,44). The monoisotopic (exact) mass is 704 g/mol. The lowest BCUT2D eigenvalue weighted by atomic mass is 10.1. The molecule has 0 unspecified atom stereocenters. The average molecular weight is 705 g/mol. The number of carbonyl (C=O) groups excluding carboxylic acids is 1. The van der Waals surface area contributed by atoms with Crippen LogP contribution in [0.2, 0.25) is 0 Å². The number of piperazine rings is 1.